The molecule has 7 heteroatoms. The van der Waals surface area contributed by atoms with Crippen LogP contribution in [0.15, 0.2) is 12.4 Å². The fraction of sp³-hybridized carbons (Fsp3) is 0.364. The number of aromatic nitrogens is 4. The lowest BCUT2D eigenvalue weighted by Gasteiger charge is -2.05. The number of rotatable bonds is 3. The summed E-state index contributed by atoms with van der Waals surface area (Å²) in [6.07, 6.45) is 3.34. The van der Waals surface area contributed by atoms with Crippen LogP contribution in [0, 0.1) is 6.92 Å². The smallest absolute Gasteiger partial charge is 0.271 e. The van der Waals surface area contributed by atoms with Crippen molar-refractivity contribution in [2.75, 3.05) is 5.73 Å². The van der Waals surface area contributed by atoms with E-state index in [4.69, 9.17) is 5.73 Å². The molecule has 0 aromatic carbocycles. The molecule has 0 saturated heterocycles. The summed E-state index contributed by atoms with van der Waals surface area (Å²) >= 11 is 0. The van der Waals surface area contributed by atoms with Crippen LogP contribution in [-0.2, 0) is 20.6 Å². The molecule has 0 aliphatic rings. The van der Waals surface area contributed by atoms with Crippen molar-refractivity contribution in [3.05, 3.63) is 29.3 Å². The normalized spacial score (nSPS) is 10.6. The van der Waals surface area contributed by atoms with E-state index in [2.05, 4.69) is 15.5 Å². The molecule has 0 bridgehead atoms. The van der Waals surface area contributed by atoms with Crippen LogP contribution in [0.1, 0.15) is 21.7 Å². The van der Waals surface area contributed by atoms with Crippen LogP contribution in [0.3, 0.4) is 0 Å². The minimum Gasteiger partial charge on any atom is -0.396 e. The summed E-state index contributed by atoms with van der Waals surface area (Å²) in [5.41, 5.74) is 8.31. The molecule has 0 aliphatic heterocycles. The topological polar surface area (TPSA) is 90.8 Å². The lowest BCUT2D eigenvalue weighted by Crippen LogP contribution is -2.26. The van der Waals surface area contributed by atoms with Crippen molar-refractivity contribution >= 4 is 11.6 Å². The van der Waals surface area contributed by atoms with E-state index >= 15 is 0 Å². The minimum atomic E-state index is -0.240. The van der Waals surface area contributed by atoms with Crippen molar-refractivity contribution in [3.8, 4) is 0 Å². The van der Waals surface area contributed by atoms with Gasteiger partial charge in [0.2, 0.25) is 0 Å². The van der Waals surface area contributed by atoms with Gasteiger partial charge in [0, 0.05) is 32.4 Å². The highest BCUT2D eigenvalue weighted by Gasteiger charge is 2.15. The quantitative estimate of drug-likeness (QED) is 0.798. The molecule has 18 heavy (non-hydrogen) atoms. The molecule has 2 aromatic rings. The van der Waals surface area contributed by atoms with Crippen LogP contribution in [0.4, 0.5) is 5.69 Å². The summed E-state index contributed by atoms with van der Waals surface area (Å²) in [6, 6.07) is 0. The van der Waals surface area contributed by atoms with E-state index in [1.165, 1.54) is 10.9 Å². The molecule has 7 nitrogen and oxygen atoms in total. The molecule has 2 aromatic heterocycles. The van der Waals surface area contributed by atoms with Crippen LogP contribution < -0.4 is 11.1 Å². The fourth-order valence-corrected chi connectivity index (χ4v) is 1.81. The van der Waals surface area contributed by atoms with Crippen molar-refractivity contribution < 1.29 is 4.79 Å². The highest BCUT2D eigenvalue weighted by molar-refractivity contribution is 5.97. The Balaban J connectivity index is 2.07. The van der Waals surface area contributed by atoms with Gasteiger partial charge in [-0.15, -0.1) is 0 Å². The van der Waals surface area contributed by atoms with Gasteiger partial charge < -0.3 is 11.1 Å². The molecular weight excluding hydrogens is 232 g/mol. The average Bonchev–Trinajstić information content (AvgIpc) is 2.79. The molecule has 0 unspecified atom stereocenters. The second-order valence-electron chi connectivity index (χ2n) is 4.17. The standard InChI is InChI=1S/C11H16N6O/c1-7-8(6-16(2)15-7)4-13-11(18)10-9(12)5-14-17(10)3/h5-6H,4,12H2,1-3H3,(H,13,18). The summed E-state index contributed by atoms with van der Waals surface area (Å²) in [5, 5.41) is 10.9. The third-order valence-electron chi connectivity index (χ3n) is 2.74. The zero-order chi connectivity index (χ0) is 13.3. The van der Waals surface area contributed by atoms with Crippen LogP contribution in [-0.4, -0.2) is 25.5 Å². The van der Waals surface area contributed by atoms with Crippen molar-refractivity contribution in [2.24, 2.45) is 14.1 Å². The van der Waals surface area contributed by atoms with Crippen molar-refractivity contribution in [1.82, 2.24) is 24.9 Å². The third kappa shape index (κ3) is 2.20. The van der Waals surface area contributed by atoms with Gasteiger partial charge in [-0.3, -0.25) is 14.2 Å². The molecule has 96 valence electrons. The number of carbonyl (C=O) groups excluding carboxylic acids is 1. The van der Waals surface area contributed by atoms with Gasteiger partial charge in [0.1, 0.15) is 5.69 Å². The number of hydrogen-bond acceptors (Lipinski definition) is 4. The maximum atomic E-state index is 12.0. The number of anilines is 1. The van der Waals surface area contributed by atoms with E-state index in [1.807, 2.05) is 20.2 Å². The molecule has 0 saturated carbocycles. The Labute approximate surface area is 105 Å². The predicted octanol–water partition coefficient (Wildman–Crippen LogP) is -0.0258. The third-order valence-corrected chi connectivity index (χ3v) is 2.74. The first-order chi connectivity index (χ1) is 8.49. The summed E-state index contributed by atoms with van der Waals surface area (Å²) in [5.74, 6) is -0.240. The van der Waals surface area contributed by atoms with Crippen molar-refractivity contribution in [1.29, 1.82) is 0 Å². The van der Waals surface area contributed by atoms with E-state index in [1.54, 1.807) is 11.7 Å². The van der Waals surface area contributed by atoms with E-state index in [-0.39, 0.29) is 5.91 Å². The number of hydrogen-bond donors (Lipinski definition) is 2. The summed E-state index contributed by atoms with van der Waals surface area (Å²) in [4.78, 5) is 12.0. The van der Waals surface area contributed by atoms with Gasteiger partial charge in [0.25, 0.3) is 5.91 Å². The number of nitrogens with two attached hydrogens (primary N) is 1. The molecule has 0 radical (unpaired) electrons. The monoisotopic (exact) mass is 248 g/mol. The number of nitrogens with zero attached hydrogens (tertiary/aromatic N) is 4. The summed E-state index contributed by atoms with van der Waals surface area (Å²) in [6.45, 7) is 2.32. The van der Waals surface area contributed by atoms with Gasteiger partial charge in [0.05, 0.1) is 17.6 Å². The lowest BCUT2D eigenvalue weighted by atomic mass is 10.2. The van der Waals surface area contributed by atoms with Crippen LogP contribution in [0.25, 0.3) is 0 Å². The summed E-state index contributed by atoms with van der Waals surface area (Å²) in [7, 11) is 3.53. The first-order valence-electron chi connectivity index (χ1n) is 5.54. The Morgan fingerprint density at radius 1 is 1.50 bits per heavy atom. The average molecular weight is 248 g/mol. The molecule has 0 fully saturated rings. The van der Waals surface area contributed by atoms with Gasteiger partial charge >= 0.3 is 0 Å². The number of nitrogen functional groups attached to an aromatic ring is 1. The van der Waals surface area contributed by atoms with E-state index in [0.717, 1.165) is 11.3 Å². The Hall–Kier alpha value is -2.31. The number of aryl methyl sites for hydroxylation is 3. The van der Waals surface area contributed by atoms with Gasteiger partial charge in [-0.1, -0.05) is 0 Å². The first kappa shape index (κ1) is 12.2. The SMILES string of the molecule is Cc1nn(C)cc1CNC(=O)c1c(N)cnn1C. The largest absolute Gasteiger partial charge is 0.396 e. The van der Waals surface area contributed by atoms with Crippen molar-refractivity contribution in [2.45, 2.75) is 13.5 Å². The molecule has 2 heterocycles. The molecule has 1 amide bonds. The molecule has 2 rings (SSSR count). The number of nitrogens with one attached hydrogen (secondary N) is 1. The second kappa shape index (κ2) is 4.52. The Morgan fingerprint density at radius 2 is 2.22 bits per heavy atom. The zero-order valence-corrected chi connectivity index (χ0v) is 10.6. The Bertz CT molecular complexity index is 563. The van der Waals surface area contributed by atoms with E-state index < -0.39 is 0 Å². The molecule has 0 atom stereocenters. The van der Waals surface area contributed by atoms with Gasteiger partial charge in [-0.05, 0) is 6.92 Å². The highest BCUT2D eigenvalue weighted by Crippen LogP contribution is 2.10. The summed E-state index contributed by atoms with van der Waals surface area (Å²) < 4.78 is 3.18. The van der Waals surface area contributed by atoms with Crippen LogP contribution in [0.2, 0.25) is 0 Å². The maximum absolute atomic E-state index is 12.0. The van der Waals surface area contributed by atoms with Gasteiger partial charge in [0.15, 0.2) is 0 Å². The molecular formula is C11H16N6O. The minimum absolute atomic E-state index is 0.240. The van der Waals surface area contributed by atoms with Gasteiger partial charge in [-0.25, -0.2) is 0 Å². The Kier molecular flexibility index (Phi) is 3.05. The zero-order valence-electron chi connectivity index (χ0n) is 10.6. The van der Waals surface area contributed by atoms with E-state index in [0.29, 0.717) is 17.9 Å². The van der Waals surface area contributed by atoms with Crippen molar-refractivity contribution in [3.63, 3.8) is 0 Å². The number of amides is 1. The molecule has 3 N–H and O–H groups in total. The van der Waals surface area contributed by atoms with Gasteiger partial charge in [-0.2, -0.15) is 10.2 Å². The molecule has 0 spiro atoms. The highest BCUT2D eigenvalue weighted by atomic mass is 16.2. The predicted molar refractivity (Wildman–Crippen MR) is 66.7 cm³/mol. The number of carbonyl (C=O) groups is 1. The fourth-order valence-electron chi connectivity index (χ4n) is 1.81. The van der Waals surface area contributed by atoms with Crippen LogP contribution in [0.5, 0.6) is 0 Å². The molecule has 0 aliphatic carbocycles. The van der Waals surface area contributed by atoms with Crippen LogP contribution >= 0.6 is 0 Å². The lowest BCUT2D eigenvalue weighted by molar-refractivity contribution is 0.0942. The first-order valence-corrected chi connectivity index (χ1v) is 5.54. The Morgan fingerprint density at radius 3 is 2.72 bits per heavy atom. The second-order valence-corrected chi connectivity index (χ2v) is 4.17. The maximum Gasteiger partial charge on any atom is 0.271 e. The van der Waals surface area contributed by atoms with E-state index in [9.17, 15) is 4.79 Å².